The molecular formula is C21H15N3O3. The molecule has 2 aromatic heterocycles. The largest absolute Gasteiger partial charge is 0.507 e. The fourth-order valence-electron chi connectivity index (χ4n) is 3.17. The third-order valence-corrected chi connectivity index (χ3v) is 4.39. The van der Waals surface area contributed by atoms with Crippen molar-refractivity contribution in [2.75, 3.05) is 4.90 Å². The van der Waals surface area contributed by atoms with Gasteiger partial charge in [-0.05, 0) is 23.8 Å². The van der Waals surface area contributed by atoms with Crippen molar-refractivity contribution in [1.82, 2.24) is 9.97 Å². The summed E-state index contributed by atoms with van der Waals surface area (Å²) in [5.41, 5.74) is 1.09. The molecule has 1 aliphatic rings. The van der Waals surface area contributed by atoms with Crippen LogP contribution in [0.2, 0.25) is 0 Å². The second-order valence-corrected chi connectivity index (χ2v) is 6.01. The van der Waals surface area contributed by atoms with E-state index in [1.807, 2.05) is 6.07 Å². The number of carbonyl (C=O) groups is 2. The highest BCUT2D eigenvalue weighted by Gasteiger charge is 2.47. The Bertz CT molecular complexity index is 1020. The van der Waals surface area contributed by atoms with Crippen LogP contribution >= 0.6 is 0 Å². The van der Waals surface area contributed by atoms with Gasteiger partial charge in [-0.1, -0.05) is 42.5 Å². The highest BCUT2D eigenvalue weighted by Crippen LogP contribution is 2.41. The maximum Gasteiger partial charge on any atom is 0.301 e. The Morgan fingerprint density at radius 3 is 2.37 bits per heavy atom. The number of nitrogens with zero attached hydrogens (tertiary/aromatic N) is 3. The van der Waals surface area contributed by atoms with Gasteiger partial charge < -0.3 is 5.11 Å². The van der Waals surface area contributed by atoms with Crippen LogP contribution in [-0.2, 0) is 9.59 Å². The lowest BCUT2D eigenvalue weighted by atomic mass is 9.96. The summed E-state index contributed by atoms with van der Waals surface area (Å²) >= 11 is 0. The second kappa shape index (κ2) is 6.84. The molecule has 1 N–H and O–H groups in total. The Balaban J connectivity index is 1.95. The summed E-state index contributed by atoms with van der Waals surface area (Å²) in [6.45, 7) is 0. The van der Waals surface area contributed by atoms with Gasteiger partial charge in [-0.15, -0.1) is 0 Å². The molecule has 132 valence electrons. The molecule has 1 saturated heterocycles. The molecule has 3 aromatic rings. The van der Waals surface area contributed by atoms with Gasteiger partial charge in [0, 0.05) is 24.2 Å². The van der Waals surface area contributed by atoms with E-state index in [9.17, 15) is 14.7 Å². The maximum atomic E-state index is 12.8. The number of Topliss-reactive ketones (excluding diaryl/α,β-unsaturated/α-hetero) is 1. The Morgan fingerprint density at radius 2 is 1.70 bits per heavy atom. The number of carbonyl (C=O) groups excluding carboxylic acids is 2. The first-order chi connectivity index (χ1) is 13.2. The number of hydrogen-bond donors (Lipinski definition) is 1. The topological polar surface area (TPSA) is 83.4 Å². The predicted molar refractivity (Wildman–Crippen MR) is 99.7 cm³/mol. The number of benzene rings is 1. The zero-order valence-corrected chi connectivity index (χ0v) is 14.2. The molecule has 1 unspecified atom stereocenters. The lowest BCUT2D eigenvalue weighted by molar-refractivity contribution is -0.132. The third-order valence-electron chi connectivity index (χ3n) is 4.39. The molecule has 4 rings (SSSR count). The minimum absolute atomic E-state index is 0.0184. The molecule has 1 fully saturated rings. The smallest absolute Gasteiger partial charge is 0.301 e. The van der Waals surface area contributed by atoms with Crippen molar-refractivity contribution < 1.29 is 14.7 Å². The van der Waals surface area contributed by atoms with Crippen LogP contribution in [0, 0.1) is 0 Å². The minimum atomic E-state index is -0.811. The Labute approximate surface area is 155 Å². The average Bonchev–Trinajstić information content (AvgIpc) is 3.00. The zero-order chi connectivity index (χ0) is 18.8. The van der Waals surface area contributed by atoms with Crippen molar-refractivity contribution in [1.29, 1.82) is 0 Å². The summed E-state index contributed by atoms with van der Waals surface area (Å²) in [5, 5.41) is 10.8. The highest BCUT2D eigenvalue weighted by atomic mass is 16.3. The van der Waals surface area contributed by atoms with E-state index < -0.39 is 17.7 Å². The van der Waals surface area contributed by atoms with Gasteiger partial charge in [0.05, 0.1) is 11.6 Å². The van der Waals surface area contributed by atoms with Crippen LogP contribution in [0.5, 0.6) is 0 Å². The Hall–Kier alpha value is -3.80. The number of amides is 1. The fraction of sp³-hybridized carbons (Fsp3) is 0.0476. The number of aliphatic hydroxyl groups is 1. The van der Waals surface area contributed by atoms with Crippen LogP contribution in [-0.4, -0.2) is 26.8 Å². The van der Waals surface area contributed by atoms with Crippen molar-refractivity contribution in [2.24, 2.45) is 0 Å². The molecule has 1 amide bonds. The summed E-state index contributed by atoms with van der Waals surface area (Å²) in [6, 6.07) is 16.5. The number of pyridine rings is 2. The molecule has 1 aliphatic heterocycles. The summed E-state index contributed by atoms with van der Waals surface area (Å²) in [6.07, 6.45) is 4.73. The summed E-state index contributed by atoms with van der Waals surface area (Å²) < 4.78 is 0. The first-order valence-corrected chi connectivity index (χ1v) is 8.36. The van der Waals surface area contributed by atoms with E-state index >= 15 is 0 Å². The molecule has 27 heavy (non-hydrogen) atoms. The molecule has 0 bridgehead atoms. The van der Waals surface area contributed by atoms with Crippen molar-refractivity contribution >= 4 is 23.3 Å². The van der Waals surface area contributed by atoms with Crippen molar-refractivity contribution in [2.45, 2.75) is 6.04 Å². The van der Waals surface area contributed by atoms with Crippen molar-refractivity contribution in [3.05, 3.63) is 96.0 Å². The molecule has 0 aliphatic carbocycles. The molecular weight excluding hydrogens is 342 g/mol. The molecule has 0 saturated carbocycles. The van der Waals surface area contributed by atoms with E-state index in [4.69, 9.17) is 0 Å². The monoisotopic (exact) mass is 357 g/mol. The van der Waals surface area contributed by atoms with E-state index in [1.165, 1.54) is 4.90 Å². The zero-order valence-electron chi connectivity index (χ0n) is 14.2. The quantitative estimate of drug-likeness (QED) is 0.442. The number of aliphatic hydroxyl groups excluding tert-OH is 1. The van der Waals surface area contributed by atoms with Gasteiger partial charge in [-0.25, -0.2) is 4.98 Å². The lowest BCUT2D eigenvalue weighted by Crippen LogP contribution is -2.30. The number of anilines is 1. The molecule has 1 aromatic carbocycles. The number of hydrogen-bond acceptors (Lipinski definition) is 5. The fourth-order valence-corrected chi connectivity index (χ4v) is 3.17. The van der Waals surface area contributed by atoms with E-state index in [0.29, 0.717) is 16.9 Å². The highest BCUT2D eigenvalue weighted by molar-refractivity contribution is 6.51. The summed E-state index contributed by atoms with van der Waals surface area (Å²) in [7, 11) is 0. The van der Waals surface area contributed by atoms with Gasteiger partial charge in [0.15, 0.2) is 0 Å². The van der Waals surface area contributed by atoms with E-state index in [0.717, 1.165) is 0 Å². The molecule has 3 heterocycles. The average molecular weight is 357 g/mol. The van der Waals surface area contributed by atoms with Crippen LogP contribution in [0.25, 0.3) is 5.76 Å². The number of aromatic nitrogens is 2. The third kappa shape index (κ3) is 2.87. The maximum absolute atomic E-state index is 12.8. The minimum Gasteiger partial charge on any atom is -0.507 e. The standard InChI is InChI=1S/C21H15N3O3/c25-19(14-7-2-1-3-8-14)17-18(15-9-6-11-22-13-15)24(21(27)20(17)26)16-10-4-5-12-23-16/h1-13,18,25H/b19-17-. The van der Waals surface area contributed by atoms with Gasteiger partial charge in [0.1, 0.15) is 11.6 Å². The van der Waals surface area contributed by atoms with Gasteiger partial charge in [-0.2, -0.15) is 0 Å². The number of ketones is 1. The van der Waals surface area contributed by atoms with Crippen LogP contribution in [0.4, 0.5) is 5.82 Å². The van der Waals surface area contributed by atoms with Gasteiger partial charge in [-0.3, -0.25) is 19.5 Å². The molecule has 6 heteroatoms. The molecule has 6 nitrogen and oxygen atoms in total. The Morgan fingerprint density at radius 1 is 0.926 bits per heavy atom. The summed E-state index contributed by atoms with van der Waals surface area (Å²) in [5.74, 6) is -1.38. The number of rotatable bonds is 3. The predicted octanol–water partition coefficient (Wildman–Crippen LogP) is 3.10. The summed E-state index contributed by atoms with van der Waals surface area (Å²) in [4.78, 5) is 35.3. The molecule has 0 radical (unpaired) electrons. The first kappa shape index (κ1) is 16.7. The van der Waals surface area contributed by atoms with E-state index in [-0.39, 0.29) is 11.3 Å². The molecule has 0 spiro atoms. The SMILES string of the molecule is O=C1C(=O)N(c2ccccn2)C(c2cccnc2)/C1=C(/O)c1ccccc1. The van der Waals surface area contributed by atoms with Gasteiger partial charge >= 0.3 is 5.91 Å². The van der Waals surface area contributed by atoms with Crippen LogP contribution in [0.15, 0.2) is 84.8 Å². The van der Waals surface area contributed by atoms with E-state index in [1.54, 1.807) is 73.2 Å². The van der Waals surface area contributed by atoms with Gasteiger partial charge in [0.25, 0.3) is 5.78 Å². The van der Waals surface area contributed by atoms with Crippen LogP contribution < -0.4 is 4.90 Å². The molecule has 1 atom stereocenters. The van der Waals surface area contributed by atoms with Crippen LogP contribution in [0.3, 0.4) is 0 Å². The van der Waals surface area contributed by atoms with Crippen molar-refractivity contribution in [3.8, 4) is 0 Å². The van der Waals surface area contributed by atoms with Crippen LogP contribution in [0.1, 0.15) is 17.2 Å². The van der Waals surface area contributed by atoms with E-state index in [2.05, 4.69) is 9.97 Å². The second-order valence-electron chi connectivity index (χ2n) is 6.01. The lowest BCUT2D eigenvalue weighted by Gasteiger charge is -2.24. The normalized spacial score (nSPS) is 18.7. The first-order valence-electron chi connectivity index (χ1n) is 8.36. The Kier molecular flexibility index (Phi) is 4.22. The van der Waals surface area contributed by atoms with Crippen molar-refractivity contribution in [3.63, 3.8) is 0 Å². The van der Waals surface area contributed by atoms with Gasteiger partial charge in [0.2, 0.25) is 0 Å².